The molecule has 0 unspecified atom stereocenters. The molecule has 1 rings (SSSR count). The highest BCUT2D eigenvalue weighted by Gasteiger charge is 2.05. The zero-order valence-corrected chi connectivity index (χ0v) is 11.0. The Bertz CT molecular complexity index is 456. The number of hydrogen-bond donors (Lipinski definition) is 0. The van der Waals surface area contributed by atoms with Gasteiger partial charge in [-0.15, -0.1) is 0 Å². The lowest BCUT2D eigenvalue weighted by Crippen LogP contribution is -2.25. The number of carbonyl (C=O) groups is 1. The van der Waals surface area contributed by atoms with E-state index in [1.54, 1.807) is 12.3 Å². The van der Waals surface area contributed by atoms with E-state index in [4.69, 9.17) is 0 Å². The highest BCUT2D eigenvalue weighted by atomic mass is 16.5. The largest absolute Gasteiger partial charge is 0.469 e. The maximum absolute atomic E-state index is 11.8. The molecule has 0 aliphatic rings. The number of esters is 1. The lowest BCUT2D eigenvalue weighted by atomic mass is 10.3. The summed E-state index contributed by atoms with van der Waals surface area (Å²) in [5, 5.41) is 4.08. The van der Waals surface area contributed by atoms with Crippen LogP contribution in [0.15, 0.2) is 17.1 Å². The third-order valence-electron chi connectivity index (χ3n) is 2.75. The summed E-state index contributed by atoms with van der Waals surface area (Å²) >= 11 is 0. The highest BCUT2D eigenvalue weighted by molar-refractivity contribution is 5.68. The SMILES string of the molecule is CCN(C)c1cnn(CCCC(=O)OC)c(=O)c1. The van der Waals surface area contributed by atoms with Gasteiger partial charge >= 0.3 is 5.97 Å². The van der Waals surface area contributed by atoms with Gasteiger partial charge < -0.3 is 9.64 Å². The lowest BCUT2D eigenvalue weighted by Gasteiger charge is -2.16. The van der Waals surface area contributed by atoms with Gasteiger partial charge in [-0.2, -0.15) is 5.10 Å². The van der Waals surface area contributed by atoms with E-state index in [1.807, 2.05) is 18.9 Å². The molecule has 0 aliphatic carbocycles. The van der Waals surface area contributed by atoms with Crippen molar-refractivity contribution in [2.24, 2.45) is 0 Å². The molecule has 0 saturated heterocycles. The Balaban J connectivity index is 2.63. The van der Waals surface area contributed by atoms with Crippen molar-refractivity contribution >= 4 is 11.7 Å². The van der Waals surface area contributed by atoms with Gasteiger partial charge in [-0.05, 0) is 13.3 Å². The number of ether oxygens (including phenoxy) is 1. The minimum Gasteiger partial charge on any atom is -0.469 e. The molecule has 0 radical (unpaired) electrons. The number of nitrogens with zero attached hydrogens (tertiary/aromatic N) is 3. The number of carbonyl (C=O) groups excluding carboxylic acids is 1. The van der Waals surface area contributed by atoms with Gasteiger partial charge in [-0.1, -0.05) is 0 Å². The van der Waals surface area contributed by atoms with Crippen LogP contribution in [0.3, 0.4) is 0 Å². The molecule has 0 bridgehead atoms. The van der Waals surface area contributed by atoms with Crippen molar-refractivity contribution in [2.75, 3.05) is 25.6 Å². The maximum atomic E-state index is 11.8. The predicted molar refractivity (Wildman–Crippen MR) is 68.7 cm³/mol. The summed E-state index contributed by atoms with van der Waals surface area (Å²) in [5.74, 6) is -0.273. The smallest absolute Gasteiger partial charge is 0.305 e. The molecule has 1 aromatic rings. The van der Waals surface area contributed by atoms with Crippen LogP contribution in [0, 0.1) is 0 Å². The van der Waals surface area contributed by atoms with E-state index in [1.165, 1.54) is 11.8 Å². The Kier molecular flexibility index (Phi) is 5.35. The van der Waals surface area contributed by atoms with E-state index in [9.17, 15) is 9.59 Å². The molecule has 0 fully saturated rings. The van der Waals surface area contributed by atoms with E-state index < -0.39 is 0 Å². The minimum absolute atomic E-state index is 0.155. The van der Waals surface area contributed by atoms with Gasteiger partial charge in [0.15, 0.2) is 0 Å². The molecule has 0 spiro atoms. The number of anilines is 1. The first kappa shape index (κ1) is 14.2. The minimum atomic E-state index is -0.273. The van der Waals surface area contributed by atoms with Crippen LogP contribution in [-0.4, -0.2) is 36.5 Å². The molecular weight excluding hydrogens is 234 g/mol. The molecule has 0 aromatic carbocycles. The molecule has 0 atom stereocenters. The molecule has 18 heavy (non-hydrogen) atoms. The van der Waals surface area contributed by atoms with Crippen LogP contribution in [0.2, 0.25) is 0 Å². The van der Waals surface area contributed by atoms with Gasteiger partial charge in [0, 0.05) is 32.6 Å². The van der Waals surface area contributed by atoms with Crippen molar-refractivity contribution in [3.63, 3.8) is 0 Å². The molecule has 0 saturated carbocycles. The number of aromatic nitrogens is 2. The van der Waals surface area contributed by atoms with Gasteiger partial charge in [0.05, 0.1) is 19.0 Å². The maximum Gasteiger partial charge on any atom is 0.305 e. The average Bonchev–Trinajstić information content (AvgIpc) is 2.39. The molecule has 0 amide bonds. The second-order valence-corrected chi connectivity index (χ2v) is 3.97. The molecular formula is C12H19N3O3. The van der Waals surface area contributed by atoms with E-state index in [0.717, 1.165) is 12.2 Å². The number of rotatable bonds is 6. The highest BCUT2D eigenvalue weighted by Crippen LogP contribution is 2.06. The number of hydrogen-bond acceptors (Lipinski definition) is 5. The van der Waals surface area contributed by atoms with Gasteiger partial charge in [0.25, 0.3) is 5.56 Å². The second-order valence-electron chi connectivity index (χ2n) is 3.97. The van der Waals surface area contributed by atoms with E-state index >= 15 is 0 Å². The van der Waals surface area contributed by atoms with Crippen molar-refractivity contribution < 1.29 is 9.53 Å². The summed E-state index contributed by atoms with van der Waals surface area (Å²) in [6.07, 6.45) is 2.49. The quantitative estimate of drug-likeness (QED) is 0.697. The molecule has 1 aromatic heterocycles. The van der Waals surface area contributed by atoms with Gasteiger partial charge in [0.1, 0.15) is 0 Å². The Morgan fingerprint density at radius 2 is 2.28 bits per heavy atom. The number of methoxy groups -OCH3 is 1. The summed E-state index contributed by atoms with van der Waals surface area (Å²) in [4.78, 5) is 24.6. The summed E-state index contributed by atoms with van der Waals surface area (Å²) in [6, 6.07) is 1.55. The van der Waals surface area contributed by atoms with Gasteiger partial charge in [-0.3, -0.25) is 9.59 Å². The van der Waals surface area contributed by atoms with Crippen molar-refractivity contribution in [2.45, 2.75) is 26.3 Å². The van der Waals surface area contributed by atoms with Crippen molar-refractivity contribution in [3.8, 4) is 0 Å². The number of aryl methyl sites for hydroxylation is 1. The zero-order chi connectivity index (χ0) is 13.5. The summed E-state index contributed by atoms with van der Waals surface area (Å²) in [6.45, 7) is 3.24. The van der Waals surface area contributed by atoms with Crippen LogP contribution in [0.1, 0.15) is 19.8 Å². The fraction of sp³-hybridized carbons (Fsp3) is 0.583. The summed E-state index contributed by atoms with van der Waals surface area (Å²) < 4.78 is 5.89. The average molecular weight is 253 g/mol. The van der Waals surface area contributed by atoms with Crippen LogP contribution in [-0.2, 0) is 16.1 Å². The predicted octanol–water partition coefficient (Wildman–Crippen LogP) is 0.653. The third kappa shape index (κ3) is 3.87. The normalized spacial score (nSPS) is 10.2. The first-order valence-corrected chi connectivity index (χ1v) is 5.93. The molecule has 6 heteroatoms. The first-order valence-electron chi connectivity index (χ1n) is 5.93. The van der Waals surface area contributed by atoms with E-state index in [0.29, 0.717) is 19.4 Å². The molecule has 0 N–H and O–H groups in total. The third-order valence-corrected chi connectivity index (χ3v) is 2.75. The molecule has 6 nitrogen and oxygen atoms in total. The van der Waals surface area contributed by atoms with Crippen LogP contribution in [0.5, 0.6) is 0 Å². The monoisotopic (exact) mass is 253 g/mol. The Hall–Kier alpha value is -1.85. The van der Waals surface area contributed by atoms with Crippen LogP contribution >= 0.6 is 0 Å². The van der Waals surface area contributed by atoms with E-state index in [2.05, 4.69) is 9.84 Å². The van der Waals surface area contributed by atoms with Crippen LogP contribution in [0.25, 0.3) is 0 Å². The zero-order valence-electron chi connectivity index (χ0n) is 11.0. The summed E-state index contributed by atoms with van der Waals surface area (Å²) in [7, 11) is 3.25. The first-order chi connectivity index (χ1) is 8.58. The van der Waals surface area contributed by atoms with E-state index in [-0.39, 0.29) is 11.5 Å². The molecule has 0 aliphatic heterocycles. The standard InChI is InChI=1S/C12H19N3O3/c1-4-14(2)10-8-11(16)15(13-9-10)7-5-6-12(17)18-3/h8-9H,4-7H2,1-3H3. The van der Waals surface area contributed by atoms with Gasteiger partial charge in [0.2, 0.25) is 0 Å². The molecule has 1 heterocycles. The Morgan fingerprint density at radius 3 is 2.83 bits per heavy atom. The van der Waals surface area contributed by atoms with Crippen molar-refractivity contribution in [1.29, 1.82) is 0 Å². The summed E-state index contributed by atoms with van der Waals surface area (Å²) in [5.41, 5.74) is 0.643. The topological polar surface area (TPSA) is 64.4 Å². The lowest BCUT2D eigenvalue weighted by molar-refractivity contribution is -0.140. The van der Waals surface area contributed by atoms with Crippen LogP contribution < -0.4 is 10.5 Å². The van der Waals surface area contributed by atoms with Crippen molar-refractivity contribution in [3.05, 3.63) is 22.6 Å². The van der Waals surface area contributed by atoms with Gasteiger partial charge in [-0.25, -0.2) is 4.68 Å². The fourth-order valence-corrected chi connectivity index (χ4v) is 1.46. The molecule has 100 valence electrons. The Labute approximate surface area is 106 Å². The Morgan fingerprint density at radius 1 is 1.56 bits per heavy atom. The van der Waals surface area contributed by atoms with Crippen molar-refractivity contribution in [1.82, 2.24) is 9.78 Å². The van der Waals surface area contributed by atoms with Crippen LogP contribution in [0.4, 0.5) is 5.69 Å². The second kappa shape index (κ2) is 6.78. The fourth-order valence-electron chi connectivity index (χ4n) is 1.46.